The van der Waals surface area contributed by atoms with Crippen LogP contribution in [0, 0.1) is 6.92 Å². The van der Waals surface area contributed by atoms with E-state index in [1.165, 1.54) is 5.56 Å². The van der Waals surface area contributed by atoms with Crippen molar-refractivity contribution in [3.05, 3.63) is 59.7 Å². The Bertz CT molecular complexity index is 620. The molecule has 0 saturated carbocycles. The van der Waals surface area contributed by atoms with Gasteiger partial charge in [0, 0.05) is 5.69 Å². The van der Waals surface area contributed by atoms with Crippen molar-refractivity contribution in [2.45, 2.75) is 33.1 Å². The number of rotatable bonds is 6. The van der Waals surface area contributed by atoms with Gasteiger partial charge in [-0.1, -0.05) is 38.1 Å². The monoisotopic (exact) mass is 297 g/mol. The molecule has 0 saturated heterocycles. The number of hydrogen-bond acceptors (Lipinski definition) is 2. The van der Waals surface area contributed by atoms with Gasteiger partial charge in [-0.3, -0.25) is 4.79 Å². The molecule has 3 heteroatoms. The van der Waals surface area contributed by atoms with Crippen molar-refractivity contribution < 1.29 is 9.53 Å². The lowest BCUT2D eigenvalue weighted by atomic mass is 9.99. The van der Waals surface area contributed by atoms with Gasteiger partial charge in [0.2, 0.25) is 0 Å². The molecule has 0 aromatic heterocycles. The average molecular weight is 297 g/mol. The van der Waals surface area contributed by atoms with Gasteiger partial charge in [-0.2, -0.15) is 0 Å². The average Bonchev–Trinajstić information content (AvgIpc) is 2.52. The van der Waals surface area contributed by atoms with Gasteiger partial charge in [-0.05, 0) is 54.7 Å². The number of aryl methyl sites for hydroxylation is 1. The second kappa shape index (κ2) is 7.64. The van der Waals surface area contributed by atoms with Crippen LogP contribution in [0.2, 0.25) is 0 Å². The Balaban J connectivity index is 1.86. The van der Waals surface area contributed by atoms with Crippen LogP contribution in [0.15, 0.2) is 48.5 Å². The first-order valence-electron chi connectivity index (χ1n) is 7.67. The molecule has 0 spiro atoms. The van der Waals surface area contributed by atoms with E-state index in [0.717, 1.165) is 17.7 Å². The molecule has 2 rings (SSSR count). The summed E-state index contributed by atoms with van der Waals surface area (Å²) in [5, 5.41) is 2.83. The molecule has 116 valence electrons. The molecule has 0 heterocycles. The zero-order valence-electron chi connectivity index (χ0n) is 13.4. The standard InChI is InChI=1S/C19H23NO2/c1-4-15(3)16-8-10-18(11-9-16)22-13-19(21)20-17-7-5-6-14(2)12-17/h5-12,15H,4,13H2,1-3H3,(H,20,21). The van der Waals surface area contributed by atoms with Gasteiger partial charge in [-0.25, -0.2) is 0 Å². The van der Waals surface area contributed by atoms with E-state index in [-0.39, 0.29) is 12.5 Å². The highest BCUT2D eigenvalue weighted by molar-refractivity contribution is 5.91. The summed E-state index contributed by atoms with van der Waals surface area (Å²) < 4.78 is 5.53. The maximum atomic E-state index is 11.9. The van der Waals surface area contributed by atoms with E-state index in [9.17, 15) is 4.79 Å². The fraction of sp³-hybridized carbons (Fsp3) is 0.316. The molecule has 0 aliphatic carbocycles. The van der Waals surface area contributed by atoms with Crippen molar-refractivity contribution in [1.29, 1.82) is 0 Å². The SMILES string of the molecule is CCC(C)c1ccc(OCC(=O)Nc2cccc(C)c2)cc1. The van der Waals surface area contributed by atoms with E-state index in [1.54, 1.807) is 0 Å². The lowest BCUT2D eigenvalue weighted by Gasteiger charge is -2.11. The molecule has 0 aliphatic heterocycles. The third-order valence-electron chi connectivity index (χ3n) is 3.73. The van der Waals surface area contributed by atoms with Gasteiger partial charge < -0.3 is 10.1 Å². The highest BCUT2D eigenvalue weighted by atomic mass is 16.5. The molecule has 3 nitrogen and oxygen atoms in total. The molecule has 1 amide bonds. The molecule has 2 aromatic carbocycles. The summed E-state index contributed by atoms with van der Waals surface area (Å²) in [4.78, 5) is 11.9. The Kier molecular flexibility index (Phi) is 5.59. The van der Waals surface area contributed by atoms with Crippen LogP contribution in [0.3, 0.4) is 0 Å². The van der Waals surface area contributed by atoms with E-state index in [4.69, 9.17) is 4.74 Å². The maximum absolute atomic E-state index is 11.9. The smallest absolute Gasteiger partial charge is 0.262 e. The summed E-state index contributed by atoms with van der Waals surface area (Å²) in [5.41, 5.74) is 3.19. The van der Waals surface area contributed by atoms with Crippen LogP contribution in [0.25, 0.3) is 0 Å². The van der Waals surface area contributed by atoms with Crippen LogP contribution in [0.1, 0.15) is 37.3 Å². The van der Waals surface area contributed by atoms with Gasteiger partial charge in [0.15, 0.2) is 6.61 Å². The summed E-state index contributed by atoms with van der Waals surface area (Å²) in [6.07, 6.45) is 1.11. The van der Waals surface area contributed by atoms with Crippen molar-refractivity contribution >= 4 is 11.6 Å². The third-order valence-corrected chi connectivity index (χ3v) is 3.73. The molecule has 0 bridgehead atoms. The van der Waals surface area contributed by atoms with Gasteiger partial charge in [-0.15, -0.1) is 0 Å². The van der Waals surface area contributed by atoms with E-state index in [0.29, 0.717) is 11.7 Å². The minimum atomic E-state index is -0.156. The minimum Gasteiger partial charge on any atom is -0.484 e. The van der Waals surface area contributed by atoms with Crippen LogP contribution in [-0.2, 0) is 4.79 Å². The van der Waals surface area contributed by atoms with E-state index >= 15 is 0 Å². The van der Waals surface area contributed by atoms with Crippen molar-refractivity contribution in [2.75, 3.05) is 11.9 Å². The van der Waals surface area contributed by atoms with Gasteiger partial charge in [0.05, 0.1) is 0 Å². The molecular weight excluding hydrogens is 274 g/mol. The highest BCUT2D eigenvalue weighted by Crippen LogP contribution is 2.21. The maximum Gasteiger partial charge on any atom is 0.262 e. The number of carbonyl (C=O) groups is 1. The summed E-state index contributed by atoms with van der Waals surface area (Å²) in [5.74, 6) is 1.10. The van der Waals surface area contributed by atoms with Crippen molar-refractivity contribution in [3.63, 3.8) is 0 Å². The lowest BCUT2D eigenvalue weighted by molar-refractivity contribution is -0.118. The molecule has 1 unspecified atom stereocenters. The zero-order chi connectivity index (χ0) is 15.9. The number of nitrogens with one attached hydrogen (secondary N) is 1. The van der Waals surface area contributed by atoms with E-state index in [2.05, 4.69) is 31.3 Å². The van der Waals surface area contributed by atoms with E-state index < -0.39 is 0 Å². The van der Waals surface area contributed by atoms with Gasteiger partial charge in [0.1, 0.15) is 5.75 Å². The van der Waals surface area contributed by atoms with Crippen LogP contribution in [-0.4, -0.2) is 12.5 Å². The molecule has 1 N–H and O–H groups in total. The highest BCUT2D eigenvalue weighted by Gasteiger charge is 2.06. The topological polar surface area (TPSA) is 38.3 Å². The van der Waals surface area contributed by atoms with Gasteiger partial charge in [0.25, 0.3) is 5.91 Å². The number of anilines is 1. The second-order valence-corrected chi connectivity index (χ2v) is 5.58. The van der Waals surface area contributed by atoms with Crippen LogP contribution < -0.4 is 10.1 Å². The normalized spacial score (nSPS) is 11.8. The Morgan fingerprint density at radius 1 is 1.18 bits per heavy atom. The molecular formula is C19H23NO2. The van der Waals surface area contributed by atoms with Gasteiger partial charge >= 0.3 is 0 Å². The summed E-state index contributed by atoms with van der Waals surface area (Å²) >= 11 is 0. The fourth-order valence-electron chi connectivity index (χ4n) is 2.20. The van der Waals surface area contributed by atoms with Crippen LogP contribution >= 0.6 is 0 Å². The largest absolute Gasteiger partial charge is 0.484 e. The van der Waals surface area contributed by atoms with Crippen LogP contribution in [0.5, 0.6) is 5.75 Å². The Hall–Kier alpha value is -2.29. The lowest BCUT2D eigenvalue weighted by Crippen LogP contribution is -2.20. The molecule has 2 aromatic rings. The Labute approximate surface area is 132 Å². The summed E-state index contributed by atoms with van der Waals surface area (Å²) in [6, 6.07) is 15.7. The van der Waals surface area contributed by atoms with Crippen molar-refractivity contribution in [3.8, 4) is 5.75 Å². The fourth-order valence-corrected chi connectivity index (χ4v) is 2.20. The zero-order valence-corrected chi connectivity index (χ0v) is 13.4. The molecule has 1 atom stereocenters. The predicted molar refractivity (Wildman–Crippen MR) is 90.5 cm³/mol. The Morgan fingerprint density at radius 2 is 1.91 bits per heavy atom. The molecule has 0 radical (unpaired) electrons. The first kappa shape index (κ1) is 16.1. The number of hydrogen-bond donors (Lipinski definition) is 1. The summed E-state index contributed by atoms with van der Waals surface area (Å²) in [7, 11) is 0. The quantitative estimate of drug-likeness (QED) is 0.851. The Morgan fingerprint density at radius 3 is 2.55 bits per heavy atom. The molecule has 0 aliphatic rings. The number of ether oxygens (including phenoxy) is 1. The summed E-state index contributed by atoms with van der Waals surface area (Å²) in [6.45, 7) is 6.37. The first-order chi connectivity index (χ1) is 10.6. The molecule has 22 heavy (non-hydrogen) atoms. The number of amides is 1. The van der Waals surface area contributed by atoms with Crippen LogP contribution in [0.4, 0.5) is 5.69 Å². The number of benzene rings is 2. The van der Waals surface area contributed by atoms with Crippen molar-refractivity contribution in [2.24, 2.45) is 0 Å². The first-order valence-corrected chi connectivity index (χ1v) is 7.67. The van der Waals surface area contributed by atoms with E-state index in [1.807, 2.05) is 43.3 Å². The predicted octanol–water partition coefficient (Wildman–Crippen LogP) is 4.53. The minimum absolute atomic E-state index is 0.0105. The molecule has 0 fully saturated rings. The third kappa shape index (κ3) is 4.62. The number of carbonyl (C=O) groups excluding carboxylic acids is 1. The second-order valence-electron chi connectivity index (χ2n) is 5.58. The van der Waals surface area contributed by atoms with Crippen molar-refractivity contribution in [1.82, 2.24) is 0 Å².